The zero-order valence-electron chi connectivity index (χ0n) is 11.7. The zero-order valence-corrected chi connectivity index (χ0v) is 11.7. The number of hydrogen-bond acceptors (Lipinski definition) is 3. The molecule has 0 amide bonds. The molecule has 0 saturated carbocycles. The Bertz CT molecular complexity index is 804. The van der Waals surface area contributed by atoms with Gasteiger partial charge in [0.2, 0.25) is 0 Å². The van der Waals surface area contributed by atoms with Crippen LogP contribution in [-0.4, -0.2) is 18.4 Å². The van der Waals surface area contributed by atoms with E-state index in [0.29, 0.717) is 11.3 Å². The van der Waals surface area contributed by atoms with Gasteiger partial charge in [0.1, 0.15) is 11.5 Å². The van der Waals surface area contributed by atoms with Gasteiger partial charge in [0, 0.05) is 17.2 Å². The second-order valence-electron chi connectivity index (χ2n) is 4.68. The van der Waals surface area contributed by atoms with Crippen LogP contribution in [-0.2, 0) is 0 Å². The van der Waals surface area contributed by atoms with Gasteiger partial charge >= 0.3 is 0 Å². The lowest BCUT2D eigenvalue weighted by Gasteiger charge is -2.04. The summed E-state index contributed by atoms with van der Waals surface area (Å²) in [5, 5.41) is 12.1. The average molecular weight is 277 g/mol. The van der Waals surface area contributed by atoms with Crippen molar-refractivity contribution in [3.05, 3.63) is 66.2 Å². The molecule has 104 valence electrons. The molecule has 0 heterocycles. The van der Waals surface area contributed by atoms with Gasteiger partial charge in [-0.05, 0) is 29.7 Å². The summed E-state index contributed by atoms with van der Waals surface area (Å²) < 4.78 is 5.16. The molecule has 0 aromatic heterocycles. The highest BCUT2D eigenvalue weighted by Crippen LogP contribution is 2.27. The fraction of sp³-hybridized carbons (Fsp3) is 0.0556. The fourth-order valence-corrected chi connectivity index (χ4v) is 2.22. The molecule has 1 N–H and O–H groups in total. The van der Waals surface area contributed by atoms with Crippen molar-refractivity contribution in [1.29, 1.82) is 0 Å². The Balaban J connectivity index is 2.02. The second-order valence-corrected chi connectivity index (χ2v) is 4.68. The molecule has 3 aromatic rings. The molecular formula is C18H15NO2. The molecule has 0 saturated heterocycles. The van der Waals surface area contributed by atoms with Gasteiger partial charge in [0.05, 0.1) is 12.8 Å². The summed E-state index contributed by atoms with van der Waals surface area (Å²) >= 11 is 0. The molecule has 0 aliphatic carbocycles. The molecule has 0 radical (unpaired) electrons. The van der Waals surface area contributed by atoms with E-state index in [4.69, 9.17) is 4.74 Å². The van der Waals surface area contributed by atoms with Gasteiger partial charge in [-0.2, -0.15) is 0 Å². The highest BCUT2D eigenvalue weighted by molar-refractivity contribution is 5.95. The van der Waals surface area contributed by atoms with Crippen molar-refractivity contribution in [2.24, 2.45) is 4.99 Å². The SMILES string of the molecule is COc1ccc(O)c(C=Nc2cccc3ccccc23)c1. The summed E-state index contributed by atoms with van der Waals surface area (Å²) in [7, 11) is 1.60. The number of ether oxygens (including phenoxy) is 1. The molecule has 3 aromatic carbocycles. The van der Waals surface area contributed by atoms with Crippen LogP contribution >= 0.6 is 0 Å². The normalized spacial score (nSPS) is 11.1. The number of aliphatic imine (C=N–C) groups is 1. The standard InChI is InChI=1S/C18H15NO2/c1-21-15-9-10-18(20)14(11-15)12-19-17-8-4-6-13-5-2-3-7-16(13)17/h2-12,20H,1H3. The molecule has 0 aliphatic heterocycles. The molecule has 0 spiro atoms. The van der Waals surface area contributed by atoms with Crippen molar-refractivity contribution >= 4 is 22.7 Å². The van der Waals surface area contributed by atoms with E-state index in [2.05, 4.69) is 17.1 Å². The van der Waals surface area contributed by atoms with E-state index < -0.39 is 0 Å². The summed E-state index contributed by atoms with van der Waals surface area (Å²) in [6.07, 6.45) is 1.65. The quantitative estimate of drug-likeness (QED) is 0.725. The van der Waals surface area contributed by atoms with E-state index >= 15 is 0 Å². The number of aromatic hydroxyl groups is 1. The van der Waals surface area contributed by atoms with E-state index in [1.807, 2.05) is 30.3 Å². The monoisotopic (exact) mass is 277 g/mol. The third kappa shape index (κ3) is 2.72. The smallest absolute Gasteiger partial charge is 0.124 e. The van der Waals surface area contributed by atoms with Crippen LogP contribution < -0.4 is 4.74 Å². The van der Waals surface area contributed by atoms with Crippen molar-refractivity contribution in [3.63, 3.8) is 0 Å². The predicted molar refractivity (Wildman–Crippen MR) is 85.9 cm³/mol. The Morgan fingerprint density at radius 2 is 1.81 bits per heavy atom. The lowest BCUT2D eigenvalue weighted by atomic mass is 10.1. The van der Waals surface area contributed by atoms with Gasteiger partial charge in [-0.1, -0.05) is 36.4 Å². The summed E-state index contributed by atoms with van der Waals surface area (Å²) in [5.41, 5.74) is 1.50. The number of fused-ring (bicyclic) bond motifs is 1. The van der Waals surface area contributed by atoms with Gasteiger partial charge in [-0.25, -0.2) is 0 Å². The van der Waals surface area contributed by atoms with Crippen molar-refractivity contribution in [1.82, 2.24) is 0 Å². The molecular weight excluding hydrogens is 262 g/mol. The minimum Gasteiger partial charge on any atom is -0.507 e. The lowest BCUT2D eigenvalue weighted by Crippen LogP contribution is -1.87. The number of phenolic OH excluding ortho intramolecular Hbond substituents is 1. The second kappa shape index (κ2) is 5.67. The Hall–Kier alpha value is -2.81. The first-order valence-electron chi connectivity index (χ1n) is 6.67. The Kier molecular flexibility index (Phi) is 3.56. The number of hydrogen-bond donors (Lipinski definition) is 1. The van der Waals surface area contributed by atoms with Crippen LogP contribution in [0.1, 0.15) is 5.56 Å². The van der Waals surface area contributed by atoms with Crippen LogP contribution in [0.3, 0.4) is 0 Å². The van der Waals surface area contributed by atoms with E-state index in [0.717, 1.165) is 16.5 Å². The molecule has 0 atom stereocenters. The fourth-order valence-electron chi connectivity index (χ4n) is 2.22. The largest absolute Gasteiger partial charge is 0.507 e. The molecule has 0 fully saturated rings. The maximum absolute atomic E-state index is 9.87. The van der Waals surface area contributed by atoms with Gasteiger partial charge in [-0.3, -0.25) is 4.99 Å². The molecule has 0 unspecified atom stereocenters. The van der Waals surface area contributed by atoms with Crippen LogP contribution in [0.2, 0.25) is 0 Å². The number of phenols is 1. The van der Waals surface area contributed by atoms with E-state index in [-0.39, 0.29) is 5.75 Å². The van der Waals surface area contributed by atoms with Crippen LogP contribution in [0.25, 0.3) is 10.8 Å². The Morgan fingerprint density at radius 3 is 2.67 bits per heavy atom. The van der Waals surface area contributed by atoms with Crippen LogP contribution in [0.5, 0.6) is 11.5 Å². The summed E-state index contributed by atoms with van der Waals surface area (Å²) in [4.78, 5) is 4.50. The van der Waals surface area contributed by atoms with Gasteiger partial charge in [0.25, 0.3) is 0 Å². The first-order chi connectivity index (χ1) is 10.3. The number of rotatable bonds is 3. The lowest BCUT2D eigenvalue weighted by molar-refractivity contribution is 0.412. The van der Waals surface area contributed by atoms with Crippen molar-refractivity contribution in [2.75, 3.05) is 7.11 Å². The van der Waals surface area contributed by atoms with E-state index in [1.165, 1.54) is 0 Å². The first-order valence-corrected chi connectivity index (χ1v) is 6.67. The minimum atomic E-state index is 0.180. The molecule has 3 heteroatoms. The number of benzene rings is 3. The van der Waals surface area contributed by atoms with Crippen molar-refractivity contribution < 1.29 is 9.84 Å². The Labute approximate surface area is 123 Å². The van der Waals surface area contributed by atoms with Gasteiger partial charge < -0.3 is 9.84 Å². The van der Waals surface area contributed by atoms with Crippen molar-refractivity contribution in [3.8, 4) is 11.5 Å². The molecule has 0 bridgehead atoms. The predicted octanol–water partition coefficient (Wildman–Crippen LogP) is 4.30. The van der Waals surface area contributed by atoms with E-state index in [1.54, 1.807) is 31.5 Å². The maximum atomic E-state index is 9.87. The first kappa shape index (κ1) is 13.2. The van der Waals surface area contributed by atoms with Crippen LogP contribution in [0.15, 0.2) is 65.7 Å². The number of methoxy groups -OCH3 is 1. The van der Waals surface area contributed by atoms with E-state index in [9.17, 15) is 5.11 Å². The molecule has 0 aliphatic rings. The van der Waals surface area contributed by atoms with Crippen molar-refractivity contribution in [2.45, 2.75) is 0 Å². The van der Waals surface area contributed by atoms with Crippen LogP contribution in [0, 0.1) is 0 Å². The molecule has 3 rings (SSSR count). The minimum absolute atomic E-state index is 0.180. The van der Waals surface area contributed by atoms with Crippen LogP contribution in [0.4, 0.5) is 5.69 Å². The highest BCUT2D eigenvalue weighted by Gasteiger charge is 2.02. The topological polar surface area (TPSA) is 41.8 Å². The zero-order chi connectivity index (χ0) is 14.7. The third-order valence-electron chi connectivity index (χ3n) is 3.34. The van der Waals surface area contributed by atoms with Gasteiger partial charge in [0.15, 0.2) is 0 Å². The third-order valence-corrected chi connectivity index (χ3v) is 3.34. The highest BCUT2D eigenvalue weighted by atomic mass is 16.5. The van der Waals surface area contributed by atoms with Gasteiger partial charge in [-0.15, -0.1) is 0 Å². The Morgan fingerprint density at radius 1 is 1.00 bits per heavy atom. The summed E-state index contributed by atoms with van der Waals surface area (Å²) in [6, 6.07) is 19.1. The molecule has 21 heavy (non-hydrogen) atoms. The maximum Gasteiger partial charge on any atom is 0.124 e. The molecule has 3 nitrogen and oxygen atoms in total. The summed E-state index contributed by atoms with van der Waals surface area (Å²) in [6.45, 7) is 0. The number of nitrogens with zero attached hydrogens (tertiary/aromatic N) is 1. The summed E-state index contributed by atoms with van der Waals surface area (Å²) in [5.74, 6) is 0.868. The average Bonchev–Trinajstić information content (AvgIpc) is 2.54.